The Morgan fingerprint density at radius 1 is 1.00 bits per heavy atom. The lowest BCUT2D eigenvalue weighted by molar-refractivity contribution is 0.415. The highest BCUT2D eigenvalue weighted by atomic mass is 79.9. The lowest BCUT2D eigenvalue weighted by atomic mass is 10.1. The summed E-state index contributed by atoms with van der Waals surface area (Å²) in [7, 11) is -0.412. The Bertz CT molecular complexity index is 1600. The summed E-state index contributed by atoms with van der Waals surface area (Å²) in [6, 6.07) is 14.3. The maximum Gasteiger partial charge on any atom is 0.269 e. The maximum atomic E-state index is 13.8. The van der Waals surface area contributed by atoms with E-state index in [-0.39, 0.29) is 4.90 Å². The van der Waals surface area contributed by atoms with Crippen molar-refractivity contribution >= 4 is 47.9 Å². The van der Waals surface area contributed by atoms with Crippen molar-refractivity contribution in [3.05, 3.63) is 71.2 Å². The van der Waals surface area contributed by atoms with Crippen molar-refractivity contribution in [1.82, 2.24) is 18.5 Å². The molecule has 0 bridgehead atoms. The molecule has 7 nitrogen and oxygen atoms in total. The molecule has 0 aliphatic carbocycles. The van der Waals surface area contributed by atoms with Crippen molar-refractivity contribution in [3.8, 4) is 17.0 Å². The predicted octanol–water partition coefficient (Wildman–Crippen LogP) is 4.91. The standard InChI is InChI=1S/C23H19BrN4O3S/c1-14-4-7-16(8-5-14)32(29,30)28-21(11-18-22(24)25-13-26-23(18)28)19-12-27(2)20-9-6-15(31-3)10-17(19)20/h4-13H,1-3H3. The van der Waals surface area contributed by atoms with Gasteiger partial charge < -0.3 is 9.30 Å². The molecule has 5 aromatic rings. The van der Waals surface area contributed by atoms with E-state index in [4.69, 9.17) is 4.74 Å². The van der Waals surface area contributed by atoms with Crippen LogP contribution in [0.25, 0.3) is 33.2 Å². The van der Waals surface area contributed by atoms with Gasteiger partial charge in [-0.2, -0.15) is 0 Å². The molecule has 0 saturated heterocycles. The fourth-order valence-corrected chi connectivity index (χ4v) is 5.77. The van der Waals surface area contributed by atoms with Crippen LogP contribution in [0, 0.1) is 6.92 Å². The SMILES string of the molecule is COc1ccc2c(c1)c(-c1cc3c(Br)ncnc3n1S(=O)(=O)c1ccc(C)cc1)cn2C. The van der Waals surface area contributed by atoms with Crippen LogP contribution in [0.1, 0.15) is 5.56 Å². The summed E-state index contributed by atoms with van der Waals surface area (Å²) in [4.78, 5) is 8.71. The summed E-state index contributed by atoms with van der Waals surface area (Å²) in [6.45, 7) is 1.92. The number of ether oxygens (including phenoxy) is 1. The van der Waals surface area contributed by atoms with Crippen LogP contribution in [0.2, 0.25) is 0 Å². The number of halogens is 1. The molecule has 0 aliphatic rings. The quantitative estimate of drug-likeness (QED) is 0.321. The number of methoxy groups -OCH3 is 1. The number of benzene rings is 2. The van der Waals surface area contributed by atoms with Crippen LogP contribution >= 0.6 is 15.9 Å². The molecule has 3 aromatic heterocycles. The highest BCUT2D eigenvalue weighted by molar-refractivity contribution is 9.10. The molecule has 9 heteroatoms. The summed E-state index contributed by atoms with van der Waals surface area (Å²) in [6.07, 6.45) is 3.27. The minimum Gasteiger partial charge on any atom is -0.497 e. The fraction of sp³-hybridized carbons (Fsp3) is 0.130. The largest absolute Gasteiger partial charge is 0.497 e. The number of aromatic nitrogens is 4. The van der Waals surface area contributed by atoms with Gasteiger partial charge in [-0.25, -0.2) is 22.4 Å². The van der Waals surface area contributed by atoms with Crippen LogP contribution in [-0.2, 0) is 17.1 Å². The molecule has 0 aliphatic heterocycles. The summed E-state index contributed by atoms with van der Waals surface area (Å²) in [5.41, 5.74) is 3.49. The molecule has 2 aromatic carbocycles. The molecule has 0 atom stereocenters. The van der Waals surface area contributed by atoms with Crippen LogP contribution in [0.4, 0.5) is 0 Å². The Labute approximate surface area is 193 Å². The highest BCUT2D eigenvalue weighted by Gasteiger charge is 2.27. The average molecular weight is 511 g/mol. The molecule has 0 fully saturated rings. The zero-order valence-electron chi connectivity index (χ0n) is 17.6. The molecule has 0 radical (unpaired) electrons. The van der Waals surface area contributed by atoms with Gasteiger partial charge in [-0.1, -0.05) is 17.7 Å². The topological polar surface area (TPSA) is 79.0 Å². The monoisotopic (exact) mass is 510 g/mol. The fourth-order valence-electron chi connectivity index (χ4n) is 3.91. The first kappa shape index (κ1) is 20.7. The molecule has 5 rings (SSSR count). The Morgan fingerprint density at radius 2 is 1.75 bits per heavy atom. The van der Waals surface area contributed by atoms with Crippen LogP contribution < -0.4 is 4.74 Å². The predicted molar refractivity (Wildman–Crippen MR) is 127 cm³/mol. The average Bonchev–Trinajstić information content (AvgIpc) is 3.33. The van der Waals surface area contributed by atoms with Crippen molar-refractivity contribution in [2.75, 3.05) is 7.11 Å². The van der Waals surface area contributed by atoms with Crippen molar-refractivity contribution in [1.29, 1.82) is 0 Å². The van der Waals surface area contributed by atoms with Crippen molar-refractivity contribution in [3.63, 3.8) is 0 Å². The third kappa shape index (κ3) is 3.11. The summed E-state index contributed by atoms with van der Waals surface area (Å²) in [5, 5.41) is 1.48. The van der Waals surface area contributed by atoms with Gasteiger partial charge in [-0.3, -0.25) is 0 Å². The molecule has 0 N–H and O–H groups in total. The van der Waals surface area contributed by atoms with E-state index in [1.807, 2.05) is 42.9 Å². The van der Waals surface area contributed by atoms with Gasteiger partial charge >= 0.3 is 0 Å². The van der Waals surface area contributed by atoms with Gasteiger partial charge in [-0.15, -0.1) is 0 Å². The molecule has 3 heterocycles. The highest BCUT2D eigenvalue weighted by Crippen LogP contribution is 2.38. The Hall–Kier alpha value is -3.17. The maximum absolute atomic E-state index is 13.8. The normalized spacial score (nSPS) is 12.0. The second-order valence-electron chi connectivity index (χ2n) is 7.55. The molecule has 0 amide bonds. The van der Waals surface area contributed by atoms with E-state index in [0.717, 1.165) is 22.0 Å². The molecule has 32 heavy (non-hydrogen) atoms. The molecular weight excluding hydrogens is 492 g/mol. The lowest BCUT2D eigenvalue weighted by Crippen LogP contribution is -2.14. The van der Waals surface area contributed by atoms with E-state index in [0.29, 0.717) is 27.1 Å². The lowest BCUT2D eigenvalue weighted by Gasteiger charge is -2.11. The number of nitrogens with zero attached hydrogens (tertiary/aromatic N) is 4. The molecule has 0 saturated carbocycles. The van der Waals surface area contributed by atoms with E-state index < -0.39 is 10.0 Å². The summed E-state index contributed by atoms with van der Waals surface area (Å²) in [5.74, 6) is 0.690. The van der Waals surface area contributed by atoms with E-state index in [1.165, 1.54) is 10.3 Å². The van der Waals surface area contributed by atoms with E-state index in [1.54, 1.807) is 37.4 Å². The zero-order valence-corrected chi connectivity index (χ0v) is 20.0. The second-order valence-corrected chi connectivity index (χ2v) is 10.1. The molecule has 0 spiro atoms. The third-order valence-corrected chi connectivity index (χ3v) is 7.89. The Balaban J connectivity index is 1.89. The van der Waals surface area contributed by atoms with Crippen molar-refractivity contribution < 1.29 is 13.2 Å². The first-order valence-electron chi connectivity index (χ1n) is 9.79. The molecule has 162 valence electrons. The minimum atomic E-state index is -3.94. The number of fused-ring (bicyclic) bond motifs is 2. The number of aryl methyl sites for hydroxylation is 2. The van der Waals surface area contributed by atoms with Gasteiger partial charge in [0.15, 0.2) is 5.65 Å². The number of hydrogen-bond acceptors (Lipinski definition) is 5. The van der Waals surface area contributed by atoms with E-state index in [9.17, 15) is 8.42 Å². The van der Waals surface area contributed by atoms with E-state index >= 15 is 0 Å². The number of hydrogen-bond donors (Lipinski definition) is 0. The second kappa shape index (κ2) is 7.46. The van der Waals surface area contributed by atoms with Gasteiger partial charge in [0.1, 0.15) is 16.7 Å². The Morgan fingerprint density at radius 3 is 2.47 bits per heavy atom. The summed E-state index contributed by atoms with van der Waals surface area (Å²) < 4.78 is 36.9. The first-order chi connectivity index (χ1) is 15.3. The van der Waals surface area contributed by atoms with Gasteiger partial charge in [0.05, 0.1) is 23.1 Å². The molecular formula is C23H19BrN4O3S. The smallest absolute Gasteiger partial charge is 0.269 e. The van der Waals surface area contributed by atoms with Gasteiger partial charge in [0, 0.05) is 29.7 Å². The van der Waals surface area contributed by atoms with Crippen LogP contribution in [0.5, 0.6) is 5.75 Å². The van der Waals surface area contributed by atoms with Crippen molar-refractivity contribution in [2.45, 2.75) is 11.8 Å². The van der Waals surface area contributed by atoms with Crippen LogP contribution in [0.3, 0.4) is 0 Å². The van der Waals surface area contributed by atoms with Gasteiger partial charge in [0.25, 0.3) is 10.0 Å². The summed E-state index contributed by atoms with van der Waals surface area (Å²) >= 11 is 3.44. The third-order valence-electron chi connectivity index (χ3n) is 5.54. The number of rotatable bonds is 4. The minimum absolute atomic E-state index is 0.189. The zero-order chi connectivity index (χ0) is 22.6. The van der Waals surface area contributed by atoms with Crippen LogP contribution in [-0.4, -0.2) is 34.0 Å². The van der Waals surface area contributed by atoms with Gasteiger partial charge in [0.2, 0.25) is 0 Å². The van der Waals surface area contributed by atoms with Gasteiger partial charge in [-0.05, 0) is 59.3 Å². The van der Waals surface area contributed by atoms with E-state index in [2.05, 4.69) is 25.9 Å². The Kier molecular flexibility index (Phi) is 4.83. The first-order valence-corrected chi connectivity index (χ1v) is 12.0. The van der Waals surface area contributed by atoms with Crippen molar-refractivity contribution in [2.24, 2.45) is 7.05 Å². The van der Waals surface area contributed by atoms with Crippen LogP contribution in [0.15, 0.2) is 70.6 Å². The molecule has 0 unspecified atom stereocenters.